The van der Waals surface area contributed by atoms with Gasteiger partial charge >= 0.3 is 5.97 Å². The Bertz CT molecular complexity index is 2880. The van der Waals surface area contributed by atoms with Gasteiger partial charge in [-0.05, 0) is 43.2 Å². The van der Waals surface area contributed by atoms with Gasteiger partial charge in [0.2, 0.25) is 70.9 Å². The van der Waals surface area contributed by atoms with Crippen LogP contribution in [0.4, 0.5) is 0 Å². The number of nitrogens with one attached hydrogen (secondary N) is 11. The van der Waals surface area contributed by atoms with Gasteiger partial charge in [-0.25, -0.2) is 0 Å². The van der Waals surface area contributed by atoms with E-state index >= 15 is 4.79 Å². The maximum absolute atomic E-state index is 15.0. The van der Waals surface area contributed by atoms with Gasteiger partial charge in [0.05, 0.1) is 26.1 Å². The van der Waals surface area contributed by atoms with Crippen molar-refractivity contribution in [2.45, 2.75) is 119 Å². The van der Waals surface area contributed by atoms with Gasteiger partial charge < -0.3 is 96.2 Å². The number of aromatic nitrogens is 1. The molecule has 3 saturated heterocycles. The second-order valence-electron chi connectivity index (χ2n) is 20.4. The highest BCUT2D eigenvalue weighted by Crippen LogP contribution is 2.27. The number of aromatic amines is 1. The quantitative estimate of drug-likeness (QED) is 0.0362. The molecule has 3 fully saturated rings. The fourth-order valence-electron chi connectivity index (χ4n) is 9.14. The number of hydrogen-bond donors (Lipinski definition) is 17. The van der Waals surface area contributed by atoms with Crippen LogP contribution < -0.4 is 76.1 Å². The van der Waals surface area contributed by atoms with Gasteiger partial charge in [-0.2, -0.15) is 0 Å². The molecule has 1 aromatic carbocycles. The van der Waals surface area contributed by atoms with Crippen molar-refractivity contribution in [3.63, 3.8) is 0 Å². The molecule has 0 aliphatic carbocycles. The Morgan fingerprint density at radius 1 is 0.736 bits per heavy atom. The Kier molecular flexibility index (Phi) is 28.0. The summed E-state index contributed by atoms with van der Waals surface area (Å²) in [5.41, 5.74) is 23.6. The van der Waals surface area contributed by atoms with Gasteiger partial charge in [-0.1, -0.05) is 81.6 Å². The normalized spacial score (nSPS) is 26.4. The molecule has 87 heavy (non-hydrogen) atoms. The molecule has 0 saturated carbocycles. The van der Waals surface area contributed by atoms with E-state index in [2.05, 4.69) is 63.1 Å². The van der Waals surface area contributed by atoms with Gasteiger partial charge in [0.15, 0.2) is 5.96 Å². The van der Waals surface area contributed by atoms with Gasteiger partial charge in [-0.15, -0.1) is 0 Å². The predicted molar refractivity (Wildman–Crippen MR) is 324 cm³/mol. The zero-order valence-corrected chi connectivity index (χ0v) is 50.9. The van der Waals surface area contributed by atoms with E-state index in [4.69, 9.17) is 22.9 Å². The van der Waals surface area contributed by atoms with Crippen LogP contribution in [0.1, 0.15) is 57.9 Å². The van der Waals surface area contributed by atoms with Crippen LogP contribution in [0.15, 0.2) is 35.5 Å². The molecule has 3 aliphatic rings. The summed E-state index contributed by atoms with van der Waals surface area (Å²) in [4.78, 5) is 189. The first-order valence-corrected chi connectivity index (χ1v) is 32.6. The van der Waals surface area contributed by atoms with Crippen LogP contribution in [0, 0.1) is 5.92 Å². The number of nitrogens with two attached hydrogens (primary N) is 4. The summed E-state index contributed by atoms with van der Waals surface area (Å²) in [6, 6.07) is -8.64. The number of aliphatic hydroxyl groups is 1. The van der Waals surface area contributed by atoms with E-state index in [0.717, 1.165) is 48.1 Å². The van der Waals surface area contributed by atoms with E-state index in [1.807, 2.05) is 0 Å². The number of para-hydroxylation sites is 1. The van der Waals surface area contributed by atoms with Crippen LogP contribution in [-0.4, -0.2) is 219 Å². The highest BCUT2D eigenvalue weighted by molar-refractivity contribution is 8.77. The second kappa shape index (κ2) is 34.7. The number of amides is 12. The molecule has 2 bridgehead atoms. The number of nitrogens with zero attached hydrogens (tertiary/aromatic N) is 2. The molecule has 0 spiro atoms. The van der Waals surface area contributed by atoms with Crippen molar-refractivity contribution in [2.24, 2.45) is 33.8 Å². The Morgan fingerprint density at radius 2 is 1.34 bits per heavy atom. The minimum absolute atomic E-state index is 0.00471. The fourth-order valence-corrected chi connectivity index (χ4v) is 13.8. The Morgan fingerprint density at radius 3 is 1.99 bits per heavy atom. The molecular formula is C51H75N17O15S4. The molecule has 4 heterocycles. The first kappa shape index (κ1) is 70.2. The summed E-state index contributed by atoms with van der Waals surface area (Å²) >= 11 is 0. The summed E-state index contributed by atoms with van der Waals surface area (Å²) in [5.74, 6) is -15.5. The summed E-state index contributed by atoms with van der Waals surface area (Å²) in [7, 11) is 3.55. The smallest absolute Gasteiger partial charge is 0.305 e. The lowest BCUT2D eigenvalue weighted by atomic mass is 9.97. The van der Waals surface area contributed by atoms with Gasteiger partial charge in [-0.3, -0.25) is 67.3 Å². The minimum atomic E-state index is -1.92. The number of hydrogen-bond acceptors (Lipinski definition) is 20. The number of aliphatic carboxylic acids is 1. The Balaban J connectivity index is 1.68. The molecular weight excluding hydrogens is 1220 g/mol. The molecule has 0 unspecified atom stereocenters. The lowest BCUT2D eigenvalue weighted by molar-refractivity contribution is -0.146. The van der Waals surface area contributed by atoms with Crippen LogP contribution in [0.2, 0.25) is 0 Å². The highest BCUT2D eigenvalue weighted by Gasteiger charge is 2.42. The van der Waals surface area contributed by atoms with E-state index < -0.39 is 175 Å². The van der Waals surface area contributed by atoms with Crippen LogP contribution in [-0.2, 0) is 68.7 Å². The third-order valence-electron chi connectivity index (χ3n) is 14.1. The number of carbonyl (C=O) groups is 13. The molecule has 478 valence electrons. The molecule has 12 amide bonds. The largest absolute Gasteiger partial charge is 0.481 e. The van der Waals surface area contributed by atoms with Gasteiger partial charge in [0, 0.05) is 59.6 Å². The molecule has 21 N–H and O–H groups in total. The van der Waals surface area contributed by atoms with Crippen molar-refractivity contribution in [1.82, 2.24) is 63.1 Å². The third-order valence-corrected chi connectivity index (χ3v) is 18.9. The number of benzene rings is 1. The summed E-state index contributed by atoms with van der Waals surface area (Å²) in [6.07, 6.45) is 0.739. The highest BCUT2D eigenvalue weighted by atomic mass is 33.1. The Labute approximate surface area is 514 Å². The van der Waals surface area contributed by atoms with E-state index in [1.54, 1.807) is 44.3 Å². The maximum atomic E-state index is 15.0. The summed E-state index contributed by atoms with van der Waals surface area (Å²) in [6.45, 7) is 0.766. The molecule has 5 rings (SSSR count). The molecule has 32 nitrogen and oxygen atoms in total. The van der Waals surface area contributed by atoms with Crippen molar-refractivity contribution >= 4 is 137 Å². The number of carboxylic acid groups (broad SMARTS) is 1. The Hall–Kier alpha value is -7.54. The number of carbonyl (C=O) groups excluding carboxylic acids is 12. The molecule has 1 aromatic heterocycles. The monoisotopic (exact) mass is 1290 g/mol. The minimum Gasteiger partial charge on any atom is -0.481 e. The number of aliphatic hydroxyl groups excluding tert-OH is 1. The van der Waals surface area contributed by atoms with Crippen molar-refractivity contribution in [1.29, 1.82) is 0 Å². The molecule has 11 atom stereocenters. The average molecular weight is 1290 g/mol. The zero-order chi connectivity index (χ0) is 63.9. The standard InChI is InChI=1S/C51H75N17O15S4/c1-3-24(2)40-49(82)58-18-38(71)59-32(41(53)74)20-84-86-23-35-47(80)64-31(19-69)44(77)63-30(15-39(72)73)50(83)68-13-7-11-36(68)48(81)61-28(10-6-12-56-51(54)55)42(75)65-34(22-87-85-21-33(45(78)66-35)60-37(70)16-52)46(79)62-29(43(76)67-40)14-25-17-57-27-9-5-4-8-26(25)27/h4-5,8-9,17,24,28-36,40,57,69H,3,6-7,10-16,18-23,52H2,1-2H3,(H2,53,74)(H,58,82)(H,59,71)(H,60,70)(H,61,81)(H,62,79)(H,63,77)(H,64,80)(H,65,75)(H,66,78)(H,67,76)(H,72,73)(H4,54,55,56)/t24-,28-,29-,30-,31-,32-,33-,34-,35-,36-,40-/m0/s1. The van der Waals surface area contributed by atoms with E-state index in [-0.39, 0.29) is 68.4 Å². The van der Waals surface area contributed by atoms with Crippen molar-refractivity contribution < 1.29 is 72.5 Å². The first-order valence-electron chi connectivity index (χ1n) is 27.7. The molecule has 36 heteroatoms. The first-order chi connectivity index (χ1) is 41.4. The molecule has 0 radical (unpaired) electrons. The number of aliphatic imine (C=N–C) groups is 1. The molecule has 3 aliphatic heterocycles. The van der Waals surface area contributed by atoms with Crippen molar-refractivity contribution in [2.75, 3.05) is 55.8 Å². The number of primary amides is 1. The van der Waals surface area contributed by atoms with Crippen LogP contribution >= 0.6 is 43.2 Å². The number of carboxylic acids is 1. The fraction of sp³-hybridized carbons (Fsp3) is 0.569. The number of fused-ring (bicyclic) bond motifs is 10. The SMILES string of the molecule is CC[C@H](C)[C@@H]1NC(=O)[C@H](Cc2c[nH]c3ccccc23)NC(=O)[C@@H]2CSSC[C@H](NC(=O)CN)C(=O)N[C@@H](CSSC[C@@H](C(N)=O)NC(=O)CNC1=O)C(=O)N[C@@H](CO)C(=O)N[C@@H](CC(=O)O)C(=O)N1CCC[C@H]1C(=O)N[C@@H](CCCN=C(N)N)C(=O)N2. The predicted octanol–water partition coefficient (Wildman–Crippen LogP) is -6.02. The molecule has 2 aromatic rings. The van der Waals surface area contributed by atoms with Crippen molar-refractivity contribution in [3.8, 4) is 0 Å². The number of guanidine groups is 1. The summed E-state index contributed by atoms with van der Waals surface area (Å²) < 4.78 is 0. The summed E-state index contributed by atoms with van der Waals surface area (Å²) in [5, 5.41) is 46.3. The second-order valence-corrected chi connectivity index (χ2v) is 25.5. The van der Waals surface area contributed by atoms with E-state index in [1.165, 1.54) is 0 Å². The van der Waals surface area contributed by atoms with Crippen molar-refractivity contribution in [3.05, 3.63) is 36.0 Å². The zero-order valence-electron chi connectivity index (χ0n) is 47.6. The average Bonchev–Trinajstić information content (AvgIpc) is 2.63. The topological polar surface area (TPSA) is 518 Å². The number of H-pyrrole nitrogens is 1. The number of rotatable bonds is 14. The lowest BCUT2D eigenvalue weighted by Gasteiger charge is -2.30. The van der Waals surface area contributed by atoms with E-state index in [9.17, 15) is 67.7 Å². The van der Waals surface area contributed by atoms with Crippen LogP contribution in [0.25, 0.3) is 10.9 Å². The third kappa shape index (κ3) is 21.4. The van der Waals surface area contributed by atoms with E-state index in [0.29, 0.717) is 22.9 Å². The van der Waals surface area contributed by atoms with Gasteiger partial charge in [0.25, 0.3) is 0 Å². The van der Waals surface area contributed by atoms with Crippen LogP contribution in [0.3, 0.4) is 0 Å². The van der Waals surface area contributed by atoms with Crippen LogP contribution in [0.5, 0.6) is 0 Å². The van der Waals surface area contributed by atoms with Gasteiger partial charge in [0.1, 0.15) is 60.4 Å². The maximum Gasteiger partial charge on any atom is 0.305 e. The lowest BCUT2D eigenvalue weighted by Crippen LogP contribution is -2.61.